The molecule has 0 fully saturated rings. The summed E-state index contributed by atoms with van der Waals surface area (Å²) in [7, 11) is 1.98. The smallest absolute Gasteiger partial charge is 0.253 e. The first kappa shape index (κ1) is 12.2. The number of nitrogens with zero attached hydrogens (tertiary/aromatic N) is 1. The lowest BCUT2D eigenvalue weighted by Gasteiger charge is -2.09. The lowest BCUT2D eigenvalue weighted by molar-refractivity contribution is 0.0951. The van der Waals surface area contributed by atoms with Gasteiger partial charge in [-0.1, -0.05) is 12.1 Å². The standard InChI is InChI=1S/C14H17N3O/c1-10-7-8-11(17(10)2)9-16-14(18)12-5-3-4-6-13(12)15/h3-8H,9,15H2,1-2H3,(H,16,18). The van der Waals surface area contributed by atoms with Crippen LogP contribution in [0.25, 0.3) is 0 Å². The molecule has 0 atom stereocenters. The largest absolute Gasteiger partial charge is 0.398 e. The van der Waals surface area contributed by atoms with E-state index < -0.39 is 0 Å². The van der Waals surface area contributed by atoms with Crippen LogP contribution in [0.5, 0.6) is 0 Å². The average molecular weight is 243 g/mol. The summed E-state index contributed by atoms with van der Waals surface area (Å²) in [4.78, 5) is 12.0. The molecule has 1 aromatic carbocycles. The third-order valence-electron chi connectivity index (χ3n) is 3.11. The van der Waals surface area contributed by atoms with E-state index in [1.54, 1.807) is 18.2 Å². The van der Waals surface area contributed by atoms with Gasteiger partial charge >= 0.3 is 0 Å². The number of nitrogens with one attached hydrogen (secondary N) is 1. The Labute approximate surface area is 106 Å². The molecule has 4 heteroatoms. The topological polar surface area (TPSA) is 60.1 Å². The summed E-state index contributed by atoms with van der Waals surface area (Å²) < 4.78 is 2.05. The predicted octanol–water partition coefficient (Wildman–Crippen LogP) is 1.85. The van der Waals surface area contributed by atoms with Crippen molar-refractivity contribution in [2.24, 2.45) is 7.05 Å². The molecule has 2 aromatic rings. The highest BCUT2D eigenvalue weighted by Crippen LogP contribution is 2.11. The number of rotatable bonds is 3. The summed E-state index contributed by atoms with van der Waals surface area (Å²) in [5, 5.41) is 2.87. The molecular weight excluding hydrogens is 226 g/mol. The molecule has 3 N–H and O–H groups in total. The fourth-order valence-electron chi connectivity index (χ4n) is 1.81. The van der Waals surface area contributed by atoms with Gasteiger partial charge in [0.15, 0.2) is 0 Å². The molecule has 0 spiro atoms. The van der Waals surface area contributed by atoms with E-state index in [2.05, 4.69) is 9.88 Å². The van der Waals surface area contributed by atoms with Crippen molar-refractivity contribution >= 4 is 11.6 Å². The van der Waals surface area contributed by atoms with E-state index in [0.717, 1.165) is 5.69 Å². The van der Waals surface area contributed by atoms with Crippen LogP contribution in [0, 0.1) is 6.92 Å². The highest BCUT2D eigenvalue weighted by Gasteiger charge is 2.09. The van der Waals surface area contributed by atoms with Gasteiger partial charge in [0, 0.05) is 24.1 Å². The Morgan fingerprint density at radius 3 is 2.61 bits per heavy atom. The van der Waals surface area contributed by atoms with Crippen LogP contribution in [0.1, 0.15) is 21.7 Å². The van der Waals surface area contributed by atoms with E-state index in [0.29, 0.717) is 17.8 Å². The van der Waals surface area contributed by atoms with Crippen LogP contribution >= 0.6 is 0 Å². The summed E-state index contributed by atoms with van der Waals surface area (Å²) in [6.45, 7) is 2.53. The van der Waals surface area contributed by atoms with Gasteiger partial charge < -0.3 is 15.6 Å². The number of amides is 1. The minimum atomic E-state index is -0.146. The summed E-state index contributed by atoms with van der Waals surface area (Å²) >= 11 is 0. The fraction of sp³-hybridized carbons (Fsp3) is 0.214. The first-order valence-electron chi connectivity index (χ1n) is 5.83. The highest BCUT2D eigenvalue weighted by atomic mass is 16.1. The number of hydrogen-bond acceptors (Lipinski definition) is 2. The molecule has 0 aliphatic rings. The minimum absolute atomic E-state index is 0.146. The van der Waals surface area contributed by atoms with Gasteiger partial charge in [0.1, 0.15) is 0 Å². The number of nitrogens with two attached hydrogens (primary N) is 1. The Balaban J connectivity index is 2.05. The summed E-state index contributed by atoms with van der Waals surface area (Å²) in [5.41, 5.74) is 9.00. The second-order valence-electron chi connectivity index (χ2n) is 4.29. The molecule has 1 amide bonds. The molecule has 0 saturated carbocycles. The van der Waals surface area contributed by atoms with E-state index in [9.17, 15) is 4.79 Å². The number of benzene rings is 1. The van der Waals surface area contributed by atoms with Crippen molar-refractivity contribution in [2.45, 2.75) is 13.5 Å². The lowest BCUT2D eigenvalue weighted by atomic mass is 10.1. The van der Waals surface area contributed by atoms with Gasteiger partial charge in [-0.05, 0) is 31.2 Å². The first-order chi connectivity index (χ1) is 8.59. The van der Waals surface area contributed by atoms with E-state index in [1.807, 2.05) is 32.2 Å². The molecule has 1 heterocycles. The van der Waals surface area contributed by atoms with Gasteiger partial charge in [-0.15, -0.1) is 0 Å². The van der Waals surface area contributed by atoms with Gasteiger partial charge in [0.05, 0.1) is 12.1 Å². The maximum atomic E-state index is 12.0. The SMILES string of the molecule is Cc1ccc(CNC(=O)c2ccccc2N)n1C. The van der Waals surface area contributed by atoms with Gasteiger partial charge in [-0.2, -0.15) is 0 Å². The van der Waals surface area contributed by atoms with E-state index in [-0.39, 0.29) is 5.91 Å². The molecule has 0 aliphatic carbocycles. The van der Waals surface area contributed by atoms with Crippen molar-refractivity contribution in [3.63, 3.8) is 0 Å². The number of aromatic nitrogens is 1. The zero-order valence-electron chi connectivity index (χ0n) is 10.6. The fourth-order valence-corrected chi connectivity index (χ4v) is 1.81. The zero-order valence-corrected chi connectivity index (χ0v) is 10.6. The molecule has 2 rings (SSSR count). The summed E-state index contributed by atoms with van der Waals surface area (Å²) in [6, 6.07) is 11.1. The monoisotopic (exact) mass is 243 g/mol. The van der Waals surface area contributed by atoms with Gasteiger partial charge in [-0.25, -0.2) is 0 Å². The average Bonchev–Trinajstić information content (AvgIpc) is 2.68. The van der Waals surface area contributed by atoms with Gasteiger partial charge in [0.25, 0.3) is 5.91 Å². The van der Waals surface area contributed by atoms with E-state index in [4.69, 9.17) is 5.73 Å². The van der Waals surface area contributed by atoms with Crippen LogP contribution < -0.4 is 11.1 Å². The number of hydrogen-bond donors (Lipinski definition) is 2. The Bertz CT molecular complexity index is 572. The third-order valence-corrected chi connectivity index (χ3v) is 3.11. The van der Waals surface area contributed by atoms with Crippen molar-refractivity contribution in [3.05, 3.63) is 53.3 Å². The molecule has 0 aliphatic heterocycles. The Morgan fingerprint density at radius 2 is 2.00 bits per heavy atom. The summed E-state index contributed by atoms with van der Waals surface area (Å²) in [5.74, 6) is -0.146. The Hall–Kier alpha value is -2.23. The van der Waals surface area contributed by atoms with Crippen LogP contribution in [0.3, 0.4) is 0 Å². The van der Waals surface area contributed by atoms with Crippen LogP contribution in [0.2, 0.25) is 0 Å². The zero-order chi connectivity index (χ0) is 13.1. The number of carbonyl (C=O) groups is 1. The van der Waals surface area contributed by atoms with Gasteiger partial charge in [-0.3, -0.25) is 4.79 Å². The lowest BCUT2D eigenvalue weighted by Crippen LogP contribution is -2.24. The third kappa shape index (κ3) is 2.37. The van der Waals surface area contributed by atoms with E-state index in [1.165, 1.54) is 5.69 Å². The van der Waals surface area contributed by atoms with Crippen LogP contribution in [0.15, 0.2) is 36.4 Å². The minimum Gasteiger partial charge on any atom is -0.398 e. The van der Waals surface area contributed by atoms with Gasteiger partial charge in [0.2, 0.25) is 0 Å². The molecule has 94 valence electrons. The van der Waals surface area contributed by atoms with Crippen molar-refractivity contribution in [1.29, 1.82) is 0 Å². The number of nitrogen functional groups attached to an aromatic ring is 1. The number of aryl methyl sites for hydroxylation is 1. The number of para-hydroxylation sites is 1. The van der Waals surface area contributed by atoms with Crippen molar-refractivity contribution < 1.29 is 4.79 Å². The van der Waals surface area contributed by atoms with Crippen molar-refractivity contribution in [3.8, 4) is 0 Å². The normalized spacial score (nSPS) is 10.3. The summed E-state index contributed by atoms with van der Waals surface area (Å²) in [6.07, 6.45) is 0. The molecule has 0 saturated heterocycles. The Morgan fingerprint density at radius 1 is 1.28 bits per heavy atom. The molecule has 4 nitrogen and oxygen atoms in total. The molecule has 1 aromatic heterocycles. The molecule has 18 heavy (non-hydrogen) atoms. The van der Waals surface area contributed by atoms with Crippen molar-refractivity contribution in [1.82, 2.24) is 9.88 Å². The van der Waals surface area contributed by atoms with Crippen molar-refractivity contribution in [2.75, 3.05) is 5.73 Å². The number of carbonyl (C=O) groups excluding carboxylic acids is 1. The second kappa shape index (κ2) is 4.96. The maximum absolute atomic E-state index is 12.0. The second-order valence-corrected chi connectivity index (χ2v) is 4.29. The van der Waals surface area contributed by atoms with Crippen LogP contribution in [0.4, 0.5) is 5.69 Å². The predicted molar refractivity (Wildman–Crippen MR) is 72.2 cm³/mol. The maximum Gasteiger partial charge on any atom is 0.253 e. The van der Waals surface area contributed by atoms with Crippen LogP contribution in [-0.2, 0) is 13.6 Å². The molecule has 0 unspecified atom stereocenters. The number of anilines is 1. The molecule has 0 radical (unpaired) electrons. The Kier molecular flexibility index (Phi) is 3.37. The van der Waals surface area contributed by atoms with Crippen LogP contribution in [-0.4, -0.2) is 10.5 Å². The van der Waals surface area contributed by atoms with E-state index >= 15 is 0 Å². The quantitative estimate of drug-likeness (QED) is 0.808. The molecular formula is C14H17N3O. The molecule has 0 bridgehead atoms. The highest BCUT2D eigenvalue weighted by molar-refractivity contribution is 5.98. The first-order valence-corrected chi connectivity index (χ1v) is 5.83.